The minimum absolute atomic E-state index is 0.0858. The summed E-state index contributed by atoms with van der Waals surface area (Å²) in [5.74, 6) is -0.0489. The molecule has 1 aliphatic rings. The van der Waals surface area contributed by atoms with Gasteiger partial charge in [-0.2, -0.15) is 0 Å². The summed E-state index contributed by atoms with van der Waals surface area (Å²) in [6.45, 7) is 2.85. The maximum atomic E-state index is 11.6. The number of amides is 2. The molecular formula is C14H26N2O3. The topological polar surface area (TPSA) is 78.4 Å². The lowest BCUT2D eigenvalue weighted by Gasteiger charge is -2.27. The number of hydrogen-bond donors (Lipinski definition) is 3. The van der Waals surface area contributed by atoms with E-state index in [0.29, 0.717) is 24.9 Å². The minimum Gasteiger partial charge on any atom is -0.481 e. The average molecular weight is 270 g/mol. The van der Waals surface area contributed by atoms with Crippen LogP contribution in [0.15, 0.2) is 0 Å². The Morgan fingerprint density at radius 1 is 1.21 bits per heavy atom. The number of carboxylic acids is 1. The van der Waals surface area contributed by atoms with Crippen molar-refractivity contribution in [2.45, 2.75) is 64.3 Å². The van der Waals surface area contributed by atoms with E-state index >= 15 is 0 Å². The predicted octanol–water partition coefficient (Wildman–Crippen LogP) is 2.51. The summed E-state index contributed by atoms with van der Waals surface area (Å²) in [6.07, 6.45) is 7.19. The summed E-state index contributed by atoms with van der Waals surface area (Å²) in [4.78, 5) is 22.0. The van der Waals surface area contributed by atoms with Crippen LogP contribution in [0.1, 0.15) is 58.3 Å². The first-order valence-electron chi connectivity index (χ1n) is 7.34. The molecule has 0 bridgehead atoms. The van der Waals surface area contributed by atoms with Crippen LogP contribution in [0.3, 0.4) is 0 Å². The standard InChI is InChI=1S/C14H26N2O3/c1-11-6-5-7-12(10-11)16-14(19)15-9-4-2-3-8-13(17)18/h11-12H,2-10H2,1H3,(H,17,18)(H2,15,16,19). The van der Waals surface area contributed by atoms with Crippen molar-refractivity contribution in [3.05, 3.63) is 0 Å². The highest BCUT2D eigenvalue weighted by atomic mass is 16.4. The van der Waals surface area contributed by atoms with E-state index in [9.17, 15) is 9.59 Å². The Labute approximate surface area is 115 Å². The van der Waals surface area contributed by atoms with Gasteiger partial charge in [-0.1, -0.05) is 26.2 Å². The number of carbonyl (C=O) groups excluding carboxylic acids is 1. The Morgan fingerprint density at radius 2 is 2.00 bits per heavy atom. The molecule has 1 aliphatic carbocycles. The van der Waals surface area contributed by atoms with E-state index in [1.54, 1.807) is 0 Å². The fraction of sp³-hybridized carbons (Fsp3) is 0.857. The van der Waals surface area contributed by atoms with E-state index < -0.39 is 5.97 Å². The van der Waals surface area contributed by atoms with Crippen molar-refractivity contribution in [1.82, 2.24) is 10.6 Å². The van der Waals surface area contributed by atoms with Crippen LogP contribution < -0.4 is 10.6 Å². The third-order valence-corrected chi connectivity index (χ3v) is 3.62. The monoisotopic (exact) mass is 270 g/mol. The summed E-state index contributed by atoms with van der Waals surface area (Å²) in [7, 11) is 0. The largest absolute Gasteiger partial charge is 0.481 e. The normalized spacial score (nSPS) is 22.8. The zero-order valence-corrected chi connectivity index (χ0v) is 11.8. The molecule has 3 N–H and O–H groups in total. The molecular weight excluding hydrogens is 244 g/mol. The first kappa shape index (κ1) is 15.8. The van der Waals surface area contributed by atoms with E-state index in [4.69, 9.17) is 5.11 Å². The zero-order valence-electron chi connectivity index (χ0n) is 11.8. The lowest BCUT2D eigenvalue weighted by atomic mass is 9.87. The molecule has 2 amide bonds. The molecule has 1 saturated carbocycles. The van der Waals surface area contributed by atoms with Crippen LogP contribution >= 0.6 is 0 Å². The number of urea groups is 1. The molecule has 0 aliphatic heterocycles. The fourth-order valence-electron chi connectivity index (χ4n) is 2.58. The van der Waals surface area contributed by atoms with Crippen molar-refractivity contribution in [1.29, 1.82) is 0 Å². The number of rotatable bonds is 7. The van der Waals surface area contributed by atoms with Crippen LogP contribution in [0.2, 0.25) is 0 Å². The molecule has 0 aromatic rings. The van der Waals surface area contributed by atoms with Gasteiger partial charge < -0.3 is 15.7 Å². The van der Waals surface area contributed by atoms with Gasteiger partial charge in [-0.3, -0.25) is 4.79 Å². The third-order valence-electron chi connectivity index (χ3n) is 3.62. The molecule has 0 radical (unpaired) electrons. The van der Waals surface area contributed by atoms with Gasteiger partial charge in [0.25, 0.3) is 0 Å². The maximum absolute atomic E-state index is 11.6. The van der Waals surface area contributed by atoms with Gasteiger partial charge in [-0.25, -0.2) is 4.79 Å². The number of carbonyl (C=O) groups is 2. The van der Waals surface area contributed by atoms with Gasteiger partial charge in [0.05, 0.1) is 0 Å². The highest BCUT2D eigenvalue weighted by Crippen LogP contribution is 2.23. The number of carboxylic acid groups (broad SMARTS) is 1. The molecule has 2 unspecified atom stereocenters. The number of aliphatic carboxylic acids is 1. The van der Waals surface area contributed by atoms with Crippen molar-refractivity contribution < 1.29 is 14.7 Å². The molecule has 0 aromatic heterocycles. The second-order valence-electron chi connectivity index (χ2n) is 5.57. The lowest BCUT2D eigenvalue weighted by Crippen LogP contribution is -2.44. The first-order chi connectivity index (χ1) is 9.08. The van der Waals surface area contributed by atoms with Gasteiger partial charge in [0, 0.05) is 19.0 Å². The maximum Gasteiger partial charge on any atom is 0.315 e. The smallest absolute Gasteiger partial charge is 0.315 e. The van der Waals surface area contributed by atoms with E-state index in [2.05, 4.69) is 17.6 Å². The summed E-state index contributed by atoms with van der Waals surface area (Å²) in [6, 6.07) is 0.230. The van der Waals surface area contributed by atoms with E-state index in [1.165, 1.54) is 12.8 Å². The zero-order chi connectivity index (χ0) is 14.1. The Morgan fingerprint density at radius 3 is 2.68 bits per heavy atom. The summed E-state index contributed by atoms with van der Waals surface area (Å²) in [5, 5.41) is 14.3. The molecule has 1 rings (SSSR count). The van der Waals surface area contributed by atoms with Crippen LogP contribution in [0.25, 0.3) is 0 Å². The van der Waals surface area contributed by atoms with Gasteiger partial charge in [0.1, 0.15) is 0 Å². The van der Waals surface area contributed by atoms with Crippen LogP contribution in [0, 0.1) is 5.92 Å². The number of unbranched alkanes of at least 4 members (excludes halogenated alkanes) is 2. The third kappa shape index (κ3) is 7.70. The van der Waals surface area contributed by atoms with Crippen LogP contribution in [0.4, 0.5) is 4.79 Å². The van der Waals surface area contributed by atoms with Gasteiger partial charge in [0.15, 0.2) is 0 Å². The Hall–Kier alpha value is -1.26. The second-order valence-corrected chi connectivity index (χ2v) is 5.57. The van der Waals surface area contributed by atoms with Crippen molar-refractivity contribution >= 4 is 12.0 Å². The number of nitrogens with one attached hydrogen (secondary N) is 2. The van der Waals surface area contributed by atoms with Crippen LogP contribution in [0.5, 0.6) is 0 Å². The van der Waals surface area contributed by atoms with Crippen LogP contribution in [-0.4, -0.2) is 29.7 Å². The quantitative estimate of drug-likeness (QED) is 0.622. The molecule has 5 heteroatoms. The Bertz CT molecular complexity index is 294. The molecule has 0 spiro atoms. The molecule has 2 atom stereocenters. The fourth-order valence-corrected chi connectivity index (χ4v) is 2.58. The van der Waals surface area contributed by atoms with Crippen molar-refractivity contribution in [3.8, 4) is 0 Å². The molecule has 0 aromatic carbocycles. The van der Waals surface area contributed by atoms with Gasteiger partial charge in [-0.15, -0.1) is 0 Å². The van der Waals surface area contributed by atoms with Crippen molar-refractivity contribution in [3.63, 3.8) is 0 Å². The minimum atomic E-state index is -0.753. The molecule has 5 nitrogen and oxygen atoms in total. The predicted molar refractivity (Wildman–Crippen MR) is 74.1 cm³/mol. The van der Waals surface area contributed by atoms with E-state index in [1.807, 2.05) is 0 Å². The van der Waals surface area contributed by atoms with E-state index in [0.717, 1.165) is 25.7 Å². The van der Waals surface area contributed by atoms with Gasteiger partial charge in [0.2, 0.25) is 0 Å². The van der Waals surface area contributed by atoms with Crippen LogP contribution in [-0.2, 0) is 4.79 Å². The van der Waals surface area contributed by atoms with Crippen molar-refractivity contribution in [2.24, 2.45) is 5.92 Å². The summed E-state index contributed by atoms with van der Waals surface area (Å²) >= 11 is 0. The Balaban J connectivity index is 2.00. The SMILES string of the molecule is CC1CCCC(NC(=O)NCCCCCC(=O)O)C1. The highest BCUT2D eigenvalue weighted by molar-refractivity contribution is 5.74. The summed E-state index contributed by atoms with van der Waals surface area (Å²) < 4.78 is 0. The average Bonchev–Trinajstić information content (AvgIpc) is 2.33. The molecule has 0 saturated heterocycles. The number of hydrogen-bond acceptors (Lipinski definition) is 2. The highest BCUT2D eigenvalue weighted by Gasteiger charge is 2.19. The first-order valence-corrected chi connectivity index (χ1v) is 7.34. The summed E-state index contributed by atoms with van der Waals surface area (Å²) in [5.41, 5.74) is 0. The molecule has 110 valence electrons. The second kappa shape index (κ2) is 8.77. The molecule has 1 fully saturated rings. The molecule has 19 heavy (non-hydrogen) atoms. The van der Waals surface area contributed by atoms with E-state index in [-0.39, 0.29) is 12.5 Å². The Kier molecular flexibility index (Phi) is 7.30. The molecule has 0 heterocycles. The van der Waals surface area contributed by atoms with Crippen molar-refractivity contribution in [2.75, 3.05) is 6.54 Å². The lowest BCUT2D eigenvalue weighted by molar-refractivity contribution is -0.137. The van der Waals surface area contributed by atoms with Gasteiger partial charge >= 0.3 is 12.0 Å². The van der Waals surface area contributed by atoms with Gasteiger partial charge in [-0.05, 0) is 31.6 Å².